The van der Waals surface area contributed by atoms with Gasteiger partial charge in [-0.2, -0.15) is 0 Å². The quantitative estimate of drug-likeness (QED) is 0.544. The summed E-state index contributed by atoms with van der Waals surface area (Å²) in [6, 6.07) is 10.2. The normalized spacial score (nSPS) is 29.0. The van der Waals surface area contributed by atoms with Gasteiger partial charge in [-0.1, -0.05) is 32.3 Å². The summed E-state index contributed by atoms with van der Waals surface area (Å²) in [5.41, 5.74) is 4.84. The van der Waals surface area contributed by atoms with Crippen LogP contribution in [0, 0.1) is 18.8 Å². The highest BCUT2D eigenvalue weighted by atomic mass is 16.3. The molecule has 1 amide bonds. The molecular formula is C29H38N2O2. The Morgan fingerprint density at radius 2 is 2.06 bits per heavy atom. The Hall–Kier alpha value is -2.20. The molecule has 176 valence electrons. The average molecular weight is 447 g/mol. The van der Waals surface area contributed by atoms with Crippen LogP contribution < -0.4 is 5.32 Å². The number of aryl methyl sites for hydroxylation is 2. The minimum absolute atomic E-state index is 0.0631. The van der Waals surface area contributed by atoms with Crippen molar-refractivity contribution in [2.75, 3.05) is 5.32 Å². The lowest BCUT2D eigenvalue weighted by atomic mass is 9.55. The second-order valence-electron chi connectivity index (χ2n) is 11.0. The van der Waals surface area contributed by atoms with E-state index in [0.717, 1.165) is 67.8 Å². The number of pyridine rings is 1. The van der Waals surface area contributed by atoms with Gasteiger partial charge < -0.3 is 10.4 Å². The lowest BCUT2D eigenvalue weighted by molar-refractivity contribution is -0.0562. The van der Waals surface area contributed by atoms with E-state index in [1.165, 1.54) is 36.8 Å². The average Bonchev–Trinajstić information content (AvgIpc) is 3.62. The van der Waals surface area contributed by atoms with Gasteiger partial charge in [0, 0.05) is 11.8 Å². The van der Waals surface area contributed by atoms with E-state index in [1.807, 2.05) is 25.1 Å². The van der Waals surface area contributed by atoms with E-state index in [1.54, 1.807) is 6.20 Å². The molecule has 3 aliphatic rings. The number of amides is 1. The van der Waals surface area contributed by atoms with Crippen molar-refractivity contribution in [2.24, 2.45) is 11.8 Å². The zero-order valence-electron chi connectivity index (χ0n) is 20.2. The number of carbonyl (C=O) groups excluding carboxylic acids is 1. The number of hydrogen-bond donors (Lipinski definition) is 2. The highest BCUT2D eigenvalue weighted by Crippen LogP contribution is 2.57. The zero-order chi connectivity index (χ0) is 23.1. The summed E-state index contributed by atoms with van der Waals surface area (Å²) < 4.78 is 0. The zero-order valence-corrected chi connectivity index (χ0v) is 20.2. The number of aromatic nitrogens is 1. The van der Waals surface area contributed by atoms with E-state index < -0.39 is 5.60 Å². The van der Waals surface area contributed by atoms with Crippen LogP contribution in [0.25, 0.3) is 0 Å². The van der Waals surface area contributed by atoms with Crippen LogP contribution in [0.2, 0.25) is 0 Å². The molecule has 4 nitrogen and oxygen atoms in total. The van der Waals surface area contributed by atoms with Gasteiger partial charge >= 0.3 is 0 Å². The summed E-state index contributed by atoms with van der Waals surface area (Å²) in [6.07, 6.45) is 14.0. The van der Waals surface area contributed by atoms with E-state index in [2.05, 4.69) is 29.4 Å². The van der Waals surface area contributed by atoms with Gasteiger partial charge in [-0.15, -0.1) is 0 Å². The van der Waals surface area contributed by atoms with Gasteiger partial charge in [-0.05, 0) is 111 Å². The number of nitrogens with zero attached hydrogens (tertiary/aromatic N) is 1. The third kappa shape index (κ3) is 4.47. The molecule has 1 aromatic heterocycles. The Morgan fingerprint density at radius 3 is 2.82 bits per heavy atom. The maximum atomic E-state index is 13.1. The third-order valence-electron chi connectivity index (χ3n) is 8.67. The molecule has 0 unspecified atom stereocenters. The van der Waals surface area contributed by atoms with E-state index in [9.17, 15) is 9.90 Å². The van der Waals surface area contributed by atoms with Gasteiger partial charge in [0.1, 0.15) is 0 Å². The Labute approximate surface area is 198 Å². The molecule has 33 heavy (non-hydrogen) atoms. The smallest absolute Gasteiger partial charge is 0.255 e. The number of carbonyl (C=O) groups is 1. The lowest BCUT2D eigenvalue weighted by Crippen LogP contribution is -2.48. The molecule has 0 radical (unpaired) electrons. The van der Waals surface area contributed by atoms with Gasteiger partial charge in [-0.3, -0.25) is 9.78 Å². The molecule has 0 saturated heterocycles. The first-order chi connectivity index (χ1) is 15.9. The number of aliphatic hydroxyl groups is 1. The van der Waals surface area contributed by atoms with Crippen molar-refractivity contribution in [2.45, 2.75) is 95.5 Å². The molecule has 2 saturated carbocycles. The fraction of sp³-hybridized carbons (Fsp3) is 0.586. The maximum absolute atomic E-state index is 13.1. The minimum atomic E-state index is -0.488. The van der Waals surface area contributed by atoms with Gasteiger partial charge in [0.2, 0.25) is 0 Å². The molecule has 1 heterocycles. The summed E-state index contributed by atoms with van der Waals surface area (Å²) in [7, 11) is 0. The van der Waals surface area contributed by atoms with Crippen molar-refractivity contribution in [1.29, 1.82) is 0 Å². The Bertz CT molecular complexity index is 1030. The molecule has 2 N–H and O–H groups in total. The standard InChI is InChI=1S/C29H38N2O2/c1-3-13-28(33)14-15-29(18-21-9-10-21)24(19-28)7-4-6-22-17-23(11-12-25(22)29)27(32)31-26-8-5-16-30-20(26)2/h5,8,11-12,16-17,21,24,33H,3-4,6-7,9-10,13-15,18-19H2,1-2H3,(H,31,32)/t24-,28-,29+/m0/s1. The van der Waals surface area contributed by atoms with Crippen molar-refractivity contribution in [3.05, 3.63) is 58.9 Å². The molecule has 2 aromatic rings. The fourth-order valence-electron chi connectivity index (χ4n) is 6.83. The number of benzene rings is 1. The summed E-state index contributed by atoms with van der Waals surface area (Å²) in [4.78, 5) is 17.4. The van der Waals surface area contributed by atoms with Crippen LogP contribution in [0.4, 0.5) is 5.69 Å². The predicted molar refractivity (Wildman–Crippen MR) is 133 cm³/mol. The first-order valence-corrected chi connectivity index (χ1v) is 13.0. The number of nitrogens with one attached hydrogen (secondary N) is 1. The van der Waals surface area contributed by atoms with Crippen LogP contribution in [0.3, 0.4) is 0 Å². The predicted octanol–water partition coefficient (Wildman–Crippen LogP) is 6.35. The van der Waals surface area contributed by atoms with Crippen molar-refractivity contribution in [3.63, 3.8) is 0 Å². The second kappa shape index (κ2) is 8.87. The third-order valence-corrected chi connectivity index (χ3v) is 8.67. The molecule has 1 aromatic carbocycles. The Balaban J connectivity index is 1.46. The Morgan fingerprint density at radius 1 is 1.21 bits per heavy atom. The fourth-order valence-corrected chi connectivity index (χ4v) is 6.83. The molecule has 4 heteroatoms. The van der Waals surface area contributed by atoms with Crippen LogP contribution in [-0.4, -0.2) is 21.6 Å². The molecule has 3 atom stereocenters. The molecule has 5 rings (SSSR count). The van der Waals surface area contributed by atoms with Crippen molar-refractivity contribution in [3.8, 4) is 0 Å². The van der Waals surface area contributed by atoms with Gasteiger partial charge in [0.05, 0.1) is 17.0 Å². The van der Waals surface area contributed by atoms with Gasteiger partial charge in [-0.25, -0.2) is 0 Å². The molecule has 0 aliphatic heterocycles. The van der Waals surface area contributed by atoms with E-state index in [4.69, 9.17) is 0 Å². The molecular weight excluding hydrogens is 408 g/mol. The van der Waals surface area contributed by atoms with Crippen LogP contribution in [0.15, 0.2) is 36.5 Å². The molecule has 3 aliphatic carbocycles. The summed E-state index contributed by atoms with van der Waals surface area (Å²) in [5.74, 6) is 1.32. The number of anilines is 1. The maximum Gasteiger partial charge on any atom is 0.255 e. The second-order valence-corrected chi connectivity index (χ2v) is 11.0. The molecule has 0 spiro atoms. The highest BCUT2D eigenvalue weighted by Gasteiger charge is 2.52. The van der Waals surface area contributed by atoms with Crippen LogP contribution in [0.1, 0.15) is 98.3 Å². The minimum Gasteiger partial charge on any atom is -0.390 e. The summed E-state index contributed by atoms with van der Waals surface area (Å²) in [5, 5.41) is 14.4. The van der Waals surface area contributed by atoms with Gasteiger partial charge in [0.15, 0.2) is 0 Å². The SMILES string of the molecule is CCC[C@]1(O)CC[C@]2(CC3CC3)c3ccc(C(=O)Nc4cccnc4C)cc3CCC[C@H]2C1. The number of rotatable bonds is 6. The highest BCUT2D eigenvalue weighted by molar-refractivity contribution is 6.04. The number of hydrogen-bond acceptors (Lipinski definition) is 3. The Kier molecular flexibility index (Phi) is 6.07. The van der Waals surface area contributed by atoms with E-state index in [-0.39, 0.29) is 11.3 Å². The van der Waals surface area contributed by atoms with E-state index in [0.29, 0.717) is 5.92 Å². The van der Waals surface area contributed by atoms with Crippen LogP contribution >= 0.6 is 0 Å². The van der Waals surface area contributed by atoms with Crippen LogP contribution in [0.5, 0.6) is 0 Å². The largest absolute Gasteiger partial charge is 0.390 e. The summed E-state index contributed by atoms with van der Waals surface area (Å²) >= 11 is 0. The van der Waals surface area contributed by atoms with Crippen molar-refractivity contribution < 1.29 is 9.90 Å². The molecule has 0 bridgehead atoms. The summed E-state index contributed by atoms with van der Waals surface area (Å²) in [6.45, 7) is 4.10. The first-order valence-electron chi connectivity index (χ1n) is 13.0. The first kappa shape index (κ1) is 22.6. The number of fused-ring (bicyclic) bond motifs is 3. The topological polar surface area (TPSA) is 62.2 Å². The monoisotopic (exact) mass is 446 g/mol. The van der Waals surface area contributed by atoms with Gasteiger partial charge in [0.25, 0.3) is 5.91 Å². The van der Waals surface area contributed by atoms with Crippen molar-refractivity contribution in [1.82, 2.24) is 4.98 Å². The van der Waals surface area contributed by atoms with E-state index >= 15 is 0 Å². The van der Waals surface area contributed by atoms with Crippen molar-refractivity contribution >= 4 is 11.6 Å². The van der Waals surface area contributed by atoms with Crippen LogP contribution in [-0.2, 0) is 11.8 Å². The lowest BCUT2D eigenvalue weighted by Gasteiger charge is -2.51. The molecule has 2 fully saturated rings.